The molecule has 0 radical (unpaired) electrons. The molecule has 17 heavy (non-hydrogen) atoms. The fourth-order valence-electron chi connectivity index (χ4n) is 2.88. The topological polar surface area (TPSA) is 12.0 Å². The molecule has 2 rings (SSSR count). The van der Waals surface area contributed by atoms with Crippen molar-refractivity contribution in [1.82, 2.24) is 5.32 Å². The van der Waals surface area contributed by atoms with E-state index in [2.05, 4.69) is 43.4 Å². The highest BCUT2D eigenvalue weighted by Crippen LogP contribution is 2.43. The van der Waals surface area contributed by atoms with E-state index in [9.17, 15) is 0 Å². The molecule has 0 spiro atoms. The van der Waals surface area contributed by atoms with Crippen molar-refractivity contribution in [3.05, 3.63) is 35.4 Å². The highest BCUT2D eigenvalue weighted by Gasteiger charge is 2.36. The van der Waals surface area contributed by atoms with E-state index in [0.717, 1.165) is 6.54 Å². The molecule has 1 fully saturated rings. The molecule has 1 heteroatoms. The molecule has 1 aliphatic rings. The summed E-state index contributed by atoms with van der Waals surface area (Å²) in [4.78, 5) is 0. The lowest BCUT2D eigenvalue weighted by Gasteiger charge is -2.42. The lowest BCUT2D eigenvalue weighted by atomic mass is 9.65. The zero-order valence-electron chi connectivity index (χ0n) is 11.3. The van der Waals surface area contributed by atoms with Crippen molar-refractivity contribution in [2.45, 2.75) is 46.0 Å². The third-order valence-electron chi connectivity index (χ3n) is 4.00. The molecule has 1 aliphatic carbocycles. The lowest BCUT2D eigenvalue weighted by molar-refractivity contribution is 0.130. The van der Waals surface area contributed by atoms with E-state index in [1.165, 1.54) is 49.8 Å². The minimum absolute atomic E-state index is 0.558. The monoisotopic (exact) mass is 231 g/mol. The third kappa shape index (κ3) is 3.32. The van der Waals surface area contributed by atoms with Gasteiger partial charge in [0.15, 0.2) is 0 Å². The molecule has 1 aromatic carbocycles. The molecular weight excluding hydrogens is 206 g/mol. The summed E-state index contributed by atoms with van der Waals surface area (Å²) in [6.07, 6.45) is 6.71. The quantitative estimate of drug-likeness (QED) is 0.736. The standard InChI is InChI=1S/C16H25N/c1-3-10-17-13-16(8-5-9-16)12-15-7-4-6-14(2)11-15/h4,6-7,11,17H,3,5,8-10,12-13H2,1-2H3. The minimum Gasteiger partial charge on any atom is -0.316 e. The van der Waals surface area contributed by atoms with E-state index in [1.807, 2.05) is 0 Å². The first-order valence-electron chi connectivity index (χ1n) is 7.00. The van der Waals surface area contributed by atoms with Crippen LogP contribution in [0.25, 0.3) is 0 Å². The molecule has 94 valence electrons. The number of hydrogen-bond acceptors (Lipinski definition) is 1. The lowest BCUT2D eigenvalue weighted by Crippen LogP contribution is -2.41. The largest absolute Gasteiger partial charge is 0.316 e. The van der Waals surface area contributed by atoms with Gasteiger partial charge < -0.3 is 5.32 Å². The van der Waals surface area contributed by atoms with Gasteiger partial charge >= 0.3 is 0 Å². The average molecular weight is 231 g/mol. The molecule has 0 atom stereocenters. The van der Waals surface area contributed by atoms with Crippen LogP contribution < -0.4 is 5.32 Å². The Balaban J connectivity index is 1.94. The Bertz CT molecular complexity index is 352. The van der Waals surface area contributed by atoms with Crippen molar-refractivity contribution >= 4 is 0 Å². The SMILES string of the molecule is CCCNCC1(Cc2cccc(C)c2)CCC1. The van der Waals surface area contributed by atoms with Gasteiger partial charge in [0.05, 0.1) is 0 Å². The van der Waals surface area contributed by atoms with Crippen LogP contribution in [0.2, 0.25) is 0 Å². The van der Waals surface area contributed by atoms with Gasteiger partial charge in [-0.3, -0.25) is 0 Å². The van der Waals surface area contributed by atoms with E-state index >= 15 is 0 Å². The molecule has 0 saturated heterocycles. The van der Waals surface area contributed by atoms with Crippen molar-refractivity contribution in [2.24, 2.45) is 5.41 Å². The molecule has 0 unspecified atom stereocenters. The van der Waals surface area contributed by atoms with Crippen LogP contribution >= 0.6 is 0 Å². The number of benzene rings is 1. The van der Waals surface area contributed by atoms with Gasteiger partial charge in [0.25, 0.3) is 0 Å². The van der Waals surface area contributed by atoms with Gasteiger partial charge in [-0.05, 0) is 50.1 Å². The van der Waals surface area contributed by atoms with E-state index in [0.29, 0.717) is 5.41 Å². The smallest absolute Gasteiger partial charge is 0.00110 e. The fraction of sp³-hybridized carbons (Fsp3) is 0.625. The van der Waals surface area contributed by atoms with Gasteiger partial charge in [-0.25, -0.2) is 0 Å². The molecule has 1 N–H and O–H groups in total. The molecule has 1 nitrogen and oxygen atoms in total. The molecule has 0 heterocycles. The molecular formula is C16H25N. The zero-order chi connectivity index (χ0) is 12.1. The summed E-state index contributed by atoms with van der Waals surface area (Å²) >= 11 is 0. The second-order valence-electron chi connectivity index (χ2n) is 5.70. The number of nitrogens with one attached hydrogen (secondary N) is 1. The first kappa shape index (κ1) is 12.6. The Morgan fingerprint density at radius 1 is 1.29 bits per heavy atom. The summed E-state index contributed by atoms with van der Waals surface area (Å²) in [6, 6.07) is 9.01. The molecule has 1 aromatic rings. The van der Waals surface area contributed by atoms with Crippen molar-refractivity contribution < 1.29 is 0 Å². The minimum atomic E-state index is 0.558. The van der Waals surface area contributed by atoms with Gasteiger partial charge in [-0.2, -0.15) is 0 Å². The summed E-state index contributed by atoms with van der Waals surface area (Å²) in [5.74, 6) is 0. The zero-order valence-corrected chi connectivity index (χ0v) is 11.3. The summed E-state index contributed by atoms with van der Waals surface area (Å²) in [5.41, 5.74) is 3.46. The predicted molar refractivity (Wildman–Crippen MR) is 74.3 cm³/mol. The highest BCUT2D eigenvalue weighted by atomic mass is 14.9. The second-order valence-corrected chi connectivity index (χ2v) is 5.70. The van der Waals surface area contributed by atoms with Gasteiger partial charge in [0, 0.05) is 6.54 Å². The van der Waals surface area contributed by atoms with Crippen molar-refractivity contribution in [1.29, 1.82) is 0 Å². The summed E-state index contributed by atoms with van der Waals surface area (Å²) < 4.78 is 0. The second kappa shape index (κ2) is 5.68. The van der Waals surface area contributed by atoms with Crippen molar-refractivity contribution in [3.63, 3.8) is 0 Å². The van der Waals surface area contributed by atoms with Crippen LogP contribution in [0.15, 0.2) is 24.3 Å². The van der Waals surface area contributed by atoms with E-state index in [1.54, 1.807) is 0 Å². The third-order valence-corrected chi connectivity index (χ3v) is 4.00. The van der Waals surface area contributed by atoms with Crippen LogP contribution in [0.4, 0.5) is 0 Å². The van der Waals surface area contributed by atoms with Gasteiger partial charge in [0.1, 0.15) is 0 Å². The molecule has 0 amide bonds. The Hall–Kier alpha value is -0.820. The average Bonchev–Trinajstić information content (AvgIpc) is 2.26. The van der Waals surface area contributed by atoms with Gasteiger partial charge in [-0.1, -0.05) is 43.2 Å². The Labute approximate surface area is 106 Å². The first-order chi connectivity index (χ1) is 8.24. The summed E-state index contributed by atoms with van der Waals surface area (Å²) in [6.45, 7) is 6.79. The number of rotatable bonds is 6. The van der Waals surface area contributed by atoms with Gasteiger partial charge in [0.2, 0.25) is 0 Å². The summed E-state index contributed by atoms with van der Waals surface area (Å²) in [7, 11) is 0. The maximum atomic E-state index is 3.61. The van der Waals surface area contributed by atoms with Crippen molar-refractivity contribution in [2.75, 3.05) is 13.1 Å². The molecule has 0 bridgehead atoms. The van der Waals surface area contributed by atoms with E-state index in [4.69, 9.17) is 0 Å². The normalized spacial score (nSPS) is 17.8. The Morgan fingerprint density at radius 3 is 2.71 bits per heavy atom. The van der Waals surface area contributed by atoms with Crippen molar-refractivity contribution in [3.8, 4) is 0 Å². The Kier molecular flexibility index (Phi) is 4.22. The predicted octanol–water partition coefficient (Wildman–Crippen LogP) is 3.71. The van der Waals surface area contributed by atoms with Crippen LogP contribution in [-0.2, 0) is 6.42 Å². The van der Waals surface area contributed by atoms with Crippen LogP contribution in [0, 0.1) is 12.3 Å². The van der Waals surface area contributed by atoms with E-state index < -0.39 is 0 Å². The highest BCUT2D eigenvalue weighted by molar-refractivity contribution is 5.24. The van der Waals surface area contributed by atoms with E-state index in [-0.39, 0.29) is 0 Å². The van der Waals surface area contributed by atoms with Gasteiger partial charge in [-0.15, -0.1) is 0 Å². The summed E-state index contributed by atoms with van der Waals surface area (Å²) in [5, 5.41) is 3.61. The number of hydrogen-bond donors (Lipinski definition) is 1. The fourth-order valence-corrected chi connectivity index (χ4v) is 2.88. The number of aryl methyl sites for hydroxylation is 1. The Morgan fingerprint density at radius 2 is 2.12 bits per heavy atom. The molecule has 0 aliphatic heterocycles. The van der Waals surface area contributed by atoms with Crippen LogP contribution in [-0.4, -0.2) is 13.1 Å². The molecule has 0 aromatic heterocycles. The maximum absolute atomic E-state index is 3.61. The van der Waals surface area contributed by atoms with Crippen LogP contribution in [0.5, 0.6) is 0 Å². The van der Waals surface area contributed by atoms with Crippen LogP contribution in [0.3, 0.4) is 0 Å². The van der Waals surface area contributed by atoms with Crippen LogP contribution in [0.1, 0.15) is 43.7 Å². The maximum Gasteiger partial charge on any atom is 0.00110 e. The first-order valence-corrected chi connectivity index (χ1v) is 7.00. The molecule has 1 saturated carbocycles.